The number of pyridine rings is 1. The average molecular weight is 431 g/mol. The number of hydrogen-bond donors (Lipinski definition) is 3. The Balaban J connectivity index is 1.38. The van der Waals surface area contributed by atoms with Crippen LogP contribution in [-0.4, -0.2) is 37.1 Å². The van der Waals surface area contributed by atoms with Crippen LogP contribution >= 0.6 is 0 Å². The van der Waals surface area contributed by atoms with E-state index in [9.17, 15) is 14.3 Å². The van der Waals surface area contributed by atoms with E-state index >= 15 is 0 Å². The number of aliphatic carboxylic acids is 1. The van der Waals surface area contributed by atoms with E-state index in [0.717, 1.165) is 42.3 Å². The standard InChI is InChI=1S/C24H22FN5O2/c25-14-8-15-16(10-27-22(15)26-9-14)23-28-11-17-18(2-1-3-19(17)30-23)29-21-13-6-4-12(5-7-13)20(21)24(31)32/h1-3,8-13,20-21,29H,4-7H2,(H,26,27)(H,31,32)/t12?,13?,20-,21-/m0/s1. The Bertz CT molecular complexity index is 1340. The minimum Gasteiger partial charge on any atom is -0.481 e. The van der Waals surface area contributed by atoms with Crippen molar-refractivity contribution < 1.29 is 14.3 Å². The van der Waals surface area contributed by atoms with Gasteiger partial charge in [0.25, 0.3) is 0 Å². The molecule has 0 saturated heterocycles. The zero-order valence-electron chi connectivity index (χ0n) is 17.3. The lowest BCUT2D eigenvalue weighted by Gasteiger charge is -2.47. The van der Waals surface area contributed by atoms with Gasteiger partial charge in [0.1, 0.15) is 11.5 Å². The smallest absolute Gasteiger partial charge is 0.308 e. The minimum absolute atomic E-state index is 0.0899. The zero-order valence-corrected chi connectivity index (χ0v) is 17.3. The van der Waals surface area contributed by atoms with Crippen LogP contribution in [0.4, 0.5) is 10.1 Å². The van der Waals surface area contributed by atoms with E-state index in [-0.39, 0.29) is 17.9 Å². The van der Waals surface area contributed by atoms with E-state index < -0.39 is 11.8 Å². The predicted molar refractivity (Wildman–Crippen MR) is 119 cm³/mol. The van der Waals surface area contributed by atoms with Crippen molar-refractivity contribution in [1.82, 2.24) is 19.9 Å². The molecule has 3 saturated carbocycles. The van der Waals surface area contributed by atoms with Crippen molar-refractivity contribution in [1.29, 1.82) is 0 Å². The fourth-order valence-electron chi connectivity index (χ4n) is 5.67. The number of aromatic nitrogens is 4. The highest BCUT2D eigenvalue weighted by Gasteiger charge is 2.47. The number of rotatable bonds is 4. The second kappa shape index (κ2) is 7.25. The average Bonchev–Trinajstić information content (AvgIpc) is 3.22. The van der Waals surface area contributed by atoms with Crippen LogP contribution in [0.5, 0.6) is 0 Å². The number of aromatic amines is 1. The largest absolute Gasteiger partial charge is 0.481 e. The van der Waals surface area contributed by atoms with Gasteiger partial charge in [0.05, 0.1) is 17.6 Å². The third-order valence-corrected chi connectivity index (χ3v) is 7.19. The summed E-state index contributed by atoms with van der Waals surface area (Å²) in [6.07, 6.45) is 8.80. The summed E-state index contributed by atoms with van der Waals surface area (Å²) in [7, 11) is 0. The molecule has 0 aliphatic heterocycles. The molecule has 8 heteroatoms. The van der Waals surface area contributed by atoms with Gasteiger partial charge in [0.2, 0.25) is 0 Å². The van der Waals surface area contributed by atoms with Crippen LogP contribution in [0.25, 0.3) is 33.3 Å². The molecule has 2 atom stereocenters. The molecule has 0 amide bonds. The number of halogens is 1. The van der Waals surface area contributed by atoms with Gasteiger partial charge in [0.15, 0.2) is 5.82 Å². The summed E-state index contributed by atoms with van der Waals surface area (Å²) in [5.74, 6) is -0.412. The maximum absolute atomic E-state index is 13.7. The van der Waals surface area contributed by atoms with Gasteiger partial charge in [0, 0.05) is 40.5 Å². The molecule has 0 spiro atoms. The number of nitrogens with zero attached hydrogens (tertiary/aromatic N) is 3. The fourth-order valence-corrected chi connectivity index (χ4v) is 5.67. The Morgan fingerprint density at radius 2 is 1.91 bits per heavy atom. The van der Waals surface area contributed by atoms with Crippen LogP contribution < -0.4 is 5.32 Å². The maximum atomic E-state index is 13.7. The van der Waals surface area contributed by atoms with Gasteiger partial charge in [-0.1, -0.05) is 6.07 Å². The van der Waals surface area contributed by atoms with Gasteiger partial charge in [-0.25, -0.2) is 19.3 Å². The summed E-state index contributed by atoms with van der Waals surface area (Å²) < 4.78 is 13.7. The van der Waals surface area contributed by atoms with Crippen LogP contribution in [-0.2, 0) is 4.79 Å². The second-order valence-electron chi connectivity index (χ2n) is 8.89. The molecular formula is C24H22FN5O2. The predicted octanol–water partition coefficient (Wildman–Crippen LogP) is 4.61. The molecule has 3 aliphatic rings. The summed E-state index contributed by atoms with van der Waals surface area (Å²) in [5, 5.41) is 14.9. The molecule has 32 heavy (non-hydrogen) atoms. The molecule has 3 heterocycles. The highest BCUT2D eigenvalue weighted by atomic mass is 19.1. The van der Waals surface area contributed by atoms with E-state index in [1.165, 1.54) is 12.3 Å². The van der Waals surface area contributed by atoms with Crippen LogP contribution in [0.1, 0.15) is 25.7 Å². The van der Waals surface area contributed by atoms with E-state index in [4.69, 9.17) is 4.98 Å². The van der Waals surface area contributed by atoms with Gasteiger partial charge in [-0.15, -0.1) is 0 Å². The Hall–Kier alpha value is -3.55. The Morgan fingerprint density at radius 1 is 1.09 bits per heavy atom. The molecule has 3 N–H and O–H groups in total. The highest BCUT2D eigenvalue weighted by Crippen LogP contribution is 2.46. The van der Waals surface area contributed by atoms with Crippen LogP contribution in [0.3, 0.4) is 0 Å². The first kappa shape index (κ1) is 19.2. The Kier molecular flexibility index (Phi) is 4.34. The Morgan fingerprint density at radius 3 is 2.72 bits per heavy atom. The van der Waals surface area contributed by atoms with Gasteiger partial charge in [-0.05, 0) is 55.7 Å². The van der Waals surface area contributed by atoms with Gasteiger partial charge in [-0.3, -0.25) is 4.79 Å². The van der Waals surface area contributed by atoms with Gasteiger partial charge >= 0.3 is 5.97 Å². The number of anilines is 1. The molecule has 3 fully saturated rings. The molecule has 3 aliphatic carbocycles. The van der Waals surface area contributed by atoms with E-state index in [1.54, 1.807) is 12.4 Å². The van der Waals surface area contributed by atoms with Crippen molar-refractivity contribution in [3.8, 4) is 11.4 Å². The van der Waals surface area contributed by atoms with Gasteiger partial charge < -0.3 is 15.4 Å². The monoisotopic (exact) mass is 431 g/mol. The lowest BCUT2D eigenvalue weighted by molar-refractivity contribution is -0.148. The first-order valence-electron chi connectivity index (χ1n) is 11.0. The zero-order chi connectivity index (χ0) is 21.8. The SMILES string of the molecule is O=C(O)[C@H]1C2CCC(CC2)[C@@H]1Nc1cccc2nc(-c3c[nH]c4ncc(F)cc34)ncc12. The van der Waals surface area contributed by atoms with Crippen molar-refractivity contribution in [3.63, 3.8) is 0 Å². The second-order valence-corrected chi connectivity index (χ2v) is 8.89. The Labute approximate surface area is 183 Å². The molecular weight excluding hydrogens is 409 g/mol. The van der Waals surface area contributed by atoms with Crippen LogP contribution in [0, 0.1) is 23.6 Å². The highest BCUT2D eigenvalue weighted by molar-refractivity contribution is 5.95. The number of carboxylic acid groups (broad SMARTS) is 1. The van der Waals surface area contributed by atoms with Crippen molar-refractivity contribution in [3.05, 3.63) is 48.7 Å². The van der Waals surface area contributed by atoms with Crippen LogP contribution in [0.15, 0.2) is 42.9 Å². The molecule has 162 valence electrons. The van der Waals surface area contributed by atoms with Crippen molar-refractivity contribution in [2.24, 2.45) is 17.8 Å². The number of nitrogens with one attached hydrogen (secondary N) is 2. The molecule has 7 rings (SSSR count). The molecule has 0 radical (unpaired) electrons. The van der Waals surface area contributed by atoms with E-state index in [0.29, 0.717) is 28.3 Å². The van der Waals surface area contributed by atoms with Crippen molar-refractivity contribution in [2.75, 3.05) is 5.32 Å². The summed E-state index contributed by atoms with van der Waals surface area (Å²) in [6, 6.07) is 7.10. The summed E-state index contributed by atoms with van der Waals surface area (Å²) in [5.41, 5.74) is 2.85. The number of carbonyl (C=O) groups is 1. The fraction of sp³-hybridized carbons (Fsp3) is 0.333. The molecule has 7 nitrogen and oxygen atoms in total. The summed E-state index contributed by atoms with van der Waals surface area (Å²) >= 11 is 0. The number of hydrogen-bond acceptors (Lipinski definition) is 5. The maximum Gasteiger partial charge on any atom is 0.308 e. The topological polar surface area (TPSA) is 104 Å². The van der Waals surface area contributed by atoms with Crippen LogP contribution in [0.2, 0.25) is 0 Å². The first-order valence-corrected chi connectivity index (χ1v) is 11.0. The van der Waals surface area contributed by atoms with Gasteiger partial charge in [-0.2, -0.15) is 0 Å². The third kappa shape index (κ3) is 3.01. The lowest BCUT2D eigenvalue weighted by atomic mass is 9.61. The minimum atomic E-state index is -0.712. The third-order valence-electron chi connectivity index (χ3n) is 7.19. The quantitative estimate of drug-likeness (QED) is 0.436. The number of H-pyrrole nitrogens is 1. The number of carboxylic acids is 1. The molecule has 1 aromatic carbocycles. The molecule has 4 aromatic rings. The number of fused-ring (bicyclic) bond motifs is 5. The summed E-state index contributed by atoms with van der Waals surface area (Å²) in [6.45, 7) is 0. The summed E-state index contributed by atoms with van der Waals surface area (Å²) in [4.78, 5) is 28.4. The lowest BCUT2D eigenvalue weighted by Crippen LogP contribution is -2.51. The number of benzene rings is 1. The first-order chi connectivity index (χ1) is 15.6. The van der Waals surface area contributed by atoms with Crippen molar-refractivity contribution >= 4 is 33.6 Å². The molecule has 0 unspecified atom stereocenters. The van der Waals surface area contributed by atoms with E-state index in [2.05, 4.69) is 20.3 Å². The van der Waals surface area contributed by atoms with Crippen molar-refractivity contribution in [2.45, 2.75) is 31.7 Å². The normalized spacial score (nSPS) is 24.8. The van der Waals surface area contributed by atoms with E-state index in [1.807, 2.05) is 18.2 Å². The molecule has 2 bridgehead atoms. The molecule has 3 aromatic heterocycles.